The Morgan fingerprint density at radius 1 is 0.935 bits per heavy atom. The summed E-state index contributed by atoms with van der Waals surface area (Å²) in [4.78, 5) is 36.0. The number of carbonyl (C=O) groups is 3. The molecule has 0 fully saturated rings. The maximum absolute atomic E-state index is 12.2. The van der Waals surface area contributed by atoms with Crippen LogP contribution in [0.2, 0.25) is 0 Å². The molecule has 0 aliphatic heterocycles. The van der Waals surface area contributed by atoms with E-state index in [9.17, 15) is 14.4 Å². The third kappa shape index (κ3) is 6.48. The fraction of sp³-hybridized carbons (Fsp3) is 0.0435. The Kier molecular flexibility index (Phi) is 7.50. The number of esters is 1. The van der Waals surface area contributed by atoms with Crippen molar-refractivity contribution >= 4 is 52.3 Å². The number of nitrogens with zero attached hydrogens (tertiary/aromatic N) is 1. The summed E-state index contributed by atoms with van der Waals surface area (Å²) in [6, 6.07) is 20.8. The first kappa shape index (κ1) is 22.2. The predicted octanol–water partition coefficient (Wildman–Crippen LogP) is 3.91. The quantitative estimate of drug-likeness (QED) is 0.131. The lowest BCUT2D eigenvalue weighted by atomic mass is 10.2. The Bertz CT molecular complexity index is 1140. The molecule has 0 aliphatic carbocycles. The van der Waals surface area contributed by atoms with Crippen LogP contribution in [0.5, 0.6) is 5.75 Å². The molecule has 156 valence electrons. The van der Waals surface area contributed by atoms with Crippen molar-refractivity contribution in [1.29, 1.82) is 0 Å². The van der Waals surface area contributed by atoms with E-state index in [1.807, 2.05) is 25.1 Å². The van der Waals surface area contributed by atoms with Crippen LogP contribution >= 0.6 is 22.6 Å². The summed E-state index contributed by atoms with van der Waals surface area (Å²) in [5, 5.41) is 6.28. The highest BCUT2D eigenvalue weighted by Gasteiger charge is 2.13. The maximum atomic E-state index is 12.2. The van der Waals surface area contributed by atoms with Crippen molar-refractivity contribution < 1.29 is 19.1 Å². The van der Waals surface area contributed by atoms with Crippen molar-refractivity contribution in [3.8, 4) is 5.75 Å². The molecule has 0 spiro atoms. The summed E-state index contributed by atoms with van der Waals surface area (Å²) >= 11 is 2.07. The first-order valence-corrected chi connectivity index (χ1v) is 10.3. The third-order valence-corrected chi connectivity index (χ3v) is 4.99. The van der Waals surface area contributed by atoms with Crippen LogP contribution in [-0.4, -0.2) is 24.0 Å². The van der Waals surface area contributed by atoms with Crippen molar-refractivity contribution in [2.45, 2.75) is 6.92 Å². The highest BCUT2D eigenvalue weighted by atomic mass is 127. The van der Waals surface area contributed by atoms with E-state index < -0.39 is 17.8 Å². The highest BCUT2D eigenvalue weighted by molar-refractivity contribution is 14.1. The number of hydrogen-bond acceptors (Lipinski definition) is 5. The van der Waals surface area contributed by atoms with Crippen LogP contribution in [0.25, 0.3) is 0 Å². The van der Waals surface area contributed by atoms with Crippen LogP contribution in [0.1, 0.15) is 21.5 Å². The van der Waals surface area contributed by atoms with Crippen LogP contribution < -0.4 is 15.5 Å². The topological polar surface area (TPSA) is 96.9 Å². The lowest BCUT2D eigenvalue weighted by molar-refractivity contribution is -0.136. The Hall–Kier alpha value is -3.53. The van der Waals surface area contributed by atoms with Gasteiger partial charge in [0.15, 0.2) is 0 Å². The molecule has 0 atom stereocenters. The lowest BCUT2D eigenvalue weighted by Gasteiger charge is -2.06. The van der Waals surface area contributed by atoms with Gasteiger partial charge in [-0.2, -0.15) is 5.10 Å². The van der Waals surface area contributed by atoms with Crippen LogP contribution in [0, 0.1) is 10.5 Å². The molecule has 0 saturated heterocycles. The van der Waals surface area contributed by atoms with Gasteiger partial charge in [0, 0.05) is 9.26 Å². The molecule has 2 N–H and O–H groups in total. The van der Waals surface area contributed by atoms with Gasteiger partial charge < -0.3 is 10.1 Å². The molecule has 0 unspecified atom stereocenters. The van der Waals surface area contributed by atoms with E-state index in [1.165, 1.54) is 6.21 Å². The van der Waals surface area contributed by atoms with Gasteiger partial charge >= 0.3 is 17.8 Å². The first-order chi connectivity index (χ1) is 14.9. The number of hydrogen-bond donors (Lipinski definition) is 2. The third-order valence-electron chi connectivity index (χ3n) is 4.05. The normalized spacial score (nSPS) is 10.5. The summed E-state index contributed by atoms with van der Waals surface area (Å²) in [7, 11) is 0. The maximum Gasteiger partial charge on any atom is 0.344 e. The Balaban J connectivity index is 1.52. The molecule has 2 amide bonds. The number of rotatable bonds is 5. The summed E-state index contributed by atoms with van der Waals surface area (Å²) in [6.45, 7) is 1.88. The van der Waals surface area contributed by atoms with Crippen molar-refractivity contribution in [2.75, 3.05) is 5.32 Å². The molecule has 3 aromatic rings. The molecule has 3 rings (SSSR count). The Morgan fingerprint density at radius 3 is 2.39 bits per heavy atom. The van der Waals surface area contributed by atoms with E-state index in [2.05, 4.69) is 38.4 Å². The monoisotopic (exact) mass is 527 g/mol. The summed E-state index contributed by atoms with van der Waals surface area (Å²) in [5.74, 6) is -1.78. The number of aryl methyl sites for hydroxylation is 1. The minimum atomic E-state index is -0.888. The number of nitrogens with one attached hydrogen (secondary N) is 2. The molecule has 0 saturated carbocycles. The minimum absolute atomic E-state index is 0.378. The van der Waals surface area contributed by atoms with E-state index in [1.54, 1.807) is 54.6 Å². The molecule has 0 bridgehead atoms. The average molecular weight is 527 g/mol. The molecule has 0 aliphatic rings. The van der Waals surface area contributed by atoms with Crippen LogP contribution in [0.15, 0.2) is 77.9 Å². The highest BCUT2D eigenvalue weighted by Crippen LogP contribution is 2.17. The van der Waals surface area contributed by atoms with Crippen molar-refractivity contribution in [3.63, 3.8) is 0 Å². The number of ether oxygens (including phenoxy) is 1. The van der Waals surface area contributed by atoms with Crippen LogP contribution in [-0.2, 0) is 9.59 Å². The van der Waals surface area contributed by atoms with E-state index >= 15 is 0 Å². The van der Waals surface area contributed by atoms with E-state index in [4.69, 9.17) is 4.74 Å². The SMILES string of the molecule is Cc1cccc(NC(=O)C(=O)NN=Cc2ccc(OC(=O)c3ccccc3I)cc2)c1. The molecule has 0 heterocycles. The van der Waals surface area contributed by atoms with E-state index in [-0.39, 0.29) is 0 Å². The van der Waals surface area contributed by atoms with Gasteiger partial charge in [-0.05, 0) is 89.2 Å². The molecule has 31 heavy (non-hydrogen) atoms. The summed E-state index contributed by atoms with van der Waals surface area (Å²) in [5.41, 5.74) is 4.80. The molecular formula is C23H18IN3O4. The van der Waals surface area contributed by atoms with Crippen molar-refractivity contribution in [2.24, 2.45) is 5.10 Å². The number of carbonyl (C=O) groups excluding carboxylic acids is 3. The van der Waals surface area contributed by atoms with Gasteiger partial charge in [-0.1, -0.05) is 24.3 Å². The summed E-state index contributed by atoms with van der Waals surface area (Å²) in [6.07, 6.45) is 1.38. The fourth-order valence-corrected chi connectivity index (χ4v) is 3.15. The zero-order valence-corrected chi connectivity index (χ0v) is 18.6. The number of halogens is 1. The first-order valence-electron chi connectivity index (χ1n) is 9.20. The van der Waals surface area contributed by atoms with Gasteiger partial charge in [-0.25, -0.2) is 10.2 Å². The zero-order valence-electron chi connectivity index (χ0n) is 16.5. The van der Waals surface area contributed by atoms with E-state index in [0.717, 1.165) is 9.13 Å². The lowest BCUT2D eigenvalue weighted by Crippen LogP contribution is -2.32. The predicted molar refractivity (Wildman–Crippen MR) is 126 cm³/mol. The van der Waals surface area contributed by atoms with Crippen LogP contribution in [0.4, 0.5) is 5.69 Å². The Morgan fingerprint density at radius 2 is 1.68 bits per heavy atom. The van der Waals surface area contributed by atoms with Gasteiger partial charge in [0.1, 0.15) is 5.75 Å². The second-order valence-electron chi connectivity index (χ2n) is 6.46. The minimum Gasteiger partial charge on any atom is -0.423 e. The smallest absolute Gasteiger partial charge is 0.344 e. The molecule has 7 nitrogen and oxygen atoms in total. The number of anilines is 1. The standard InChI is InChI=1S/C23H18IN3O4/c1-15-5-4-6-17(13-15)26-21(28)22(29)27-25-14-16-9-11-18(12-10-16)31-23(30)19-7-2-3-8-20(19)24/h2-14H,1H3,(H,26,28)(H,27,29). The number of amides is 2. The van der Waals surface area contributed by atoms with Gasteiger partial charge in [0.25, 0.3) is 0 Å². The van der Waals surface area contributed by atoms with Crippen LogP contribution in [0.3, 0.4) is 0 Å². The van der Waals surface area contributed by atoms with Crippen molar-refractivity contribution in [1.82, 2.24) is 5.43 Å². The Labute approximate surface area is 192 Å². The molecule has 8 heteroatoms. The molecule has 0 radical (unpaired) electrons. The molecule has 0 aromatic heterocycles. The fourth-order valence-electron chi connectivity index (χ4n) is 2.54. The van der Waals surface area contributed by atoms with Gasteiger partial charge in [-0.15, -0.1) is 0 Å². The zero-order chi connectivity index (χ0) is 22.2. The van der Waals surface area contributed by atoms with E-state index in [0.29, 0.717) is 22.6 Å². The van der Waals surface area contributed by atoms with Gasteiger partial charge in [-0.3, -0.25) is 9.59 Å². The van der Waals surface area contributed by atoms with Gasteiger partial charge in [0.05, 0.1) is 11.8 Å². The summed E-state index contributed by atoms with van der Waals surface area (Å²) < 4.78 is 6.17. The molecule has 3 aromatic carbocycles. The molecular weight excluding hydrogens is 509 g/mol. The number of hydrazone groups is 1. The average Bonchev–Trinajstić information content (AvgIpc) is 2.75. The largest absolute Gasteiger partial charge is 0.423 e. The van der Waals surface area contributed by atoms with Crippen molar-refractivity contribution in [3.05, 3.63) is 93.1 Å². The second kappa shape index (κ2) is 10.5. The van der Waals surface area contributed by atoms with Gasteiger partial charge in [0.2, 0.25) is 0 Å². The second-order valence-corrected chi connectivity index (χ2v) is 7.62. The number of benzene rings is 3.